The maximum Gasteiger partial charge on any atom is 0.415 e. The van der Waals surface area contributed by atoms with Gasteiger partial charge in [-0.3, -0.25) is 4.90 Å². The first-order valence-corrected chi connectivity index (χ1v) is 6.32. The quantitative estimate of drug-likeness (QED) is 0.858. The van der Waals surface area contributed by atoms with Crippen LogP contribution in [-0.2, 0) is 4.74 Å². The van der Waals surface area contributed by atoms with Crippen molar-refractivity contribution in [3.63, 3.8) is 0 Å². The fourth-order valence-electron chi connectivity index (χ4n) is 2.20. The normalized spacial score (nSPS) is 22.4. The minimum atomic E-state index is -1.26. The SMILES string of the molecule is [2H][C@]1(c2ccccc2)COC(=O)N1c1ccc(OC)cc1. The number of cyclic esters (lactones) is 1. The molecule has 0 spiro atoms. The van der Waals surface area contributed by atoms with Crippen LogP contribution in [0.1, 0.15) is 13.0 Å². The molecule has 3 rings (SSSR count). The maximum atomic E-state index is 12.1. The molecular weight excluding hydrogens is 254 g/mol. The van der Waals surface area contributed by atoms with Crippen LogP contribution < -0.4 is 9.64 Å². The number of nitrogens with zero attached hydrogens (tertiary/aromatic N) is 1. The third kappa shape index (κ3) is 2.20. The molecule has 20 heavy (non-hydrogen) atoms. The van der Waals surface area contributed by atoms with Gasteiger partial charge in [0.05, 0.1) is 14.5 Å². The molecular formula is C16H15NO3. The predicted octanol–water partition coefficient (Wildman–Crippen LogP) is 3.39. The highest BCUT2D eigenvalue weighted by molar-refractivity contribution is 5.90. The first-order valence-electron chi connectivity index (χ1n) is 6.82. The van der Waals surface area contributed by atoms with Gasteiger partial charge < -0.3 is 9.47 Å². The van der Waals surface area contributed by atoms with Crippen molar-refractivity contribution in [3.8, 4) is 5.75 Å². The lowest BCUT2D eigenvalue weighted by molar-refractivity contribution is 0.179. The lowest BCUT2D eigenvalue weighted by Crippen LogP contribution is -2.27. The lowest BCUT2D eigenvalue weighted by atomic mass is 10.1. The number of carbonyl (C=O) groups excluding carboxylic acids is 1. The van der Waals surface area contributed by atoms with Crippen LogP contribution in [0.15, 0.2) is 54.6 Å². The van der Waals surface area contributed by atoms with Crippen molar-refractivity contribution < 1.29 is 15.6 Å². The molecule has 2 aromatic carbocycles. The van der Waals surface area contributed by atoms with E-state index in [2.05, 4.69) is 0 Å². The monoisotopic (exact) mass is 270 g/mol. The largest absolute Gasteiger partial charge is 0.497 e. The average Bonchev–Trinajstić information content (AvgIpc) is 2.85. The van der Waals surface area contributed by atoms with Gasteiger partial charge in [0, 0.05) is 5.69 Å². The predicted molar refractivity (Wildman–Crippen MR) is 76.0 cm³/mol. The Kier molecular flexibility index (Phi) is 2.98. The summed E-state index contributed by atoms with van der Waals surface area (Å²) in [5, 5.41) is 0. The molecule has 1 atom stereocenters. The number of amides is 1. The van der Waals surface area contributed by atoms with Gasteiger partial charge in [-0.05, 0) is 29.8 Å². The summed E-state index contributed by atoms with van der Waals surface area (Å²) in [4.78, 5) is 13.4. The first kappa shape index (κ1) is 11.3. The summed E-state index contributed by atoms with van der Waals surface area (Å²) in [7, 11) is 1.58. The average molecular weight is 270 g/mol. The molecule has 2 aromatic rings. The summed E-state index contributed by atoms with van der Waals surface area (Å²) < 4.78 is 18.9. The number of ether oxygens (including phenoxy) is 2. The standard InChI is InChI=1S/C16H15NO3/c1-19-14-9-7-13(8-10-14)17-15(11-20-16(17)18)12-5-3-2-4-6-12/h2-10,15H,11H2,1H3/t15-/m1/s1/i15D. The Morgan fingerprint density at radius 3 is 2.55 bits per heavy atom. The van der Waals surface area contributed by atoms with Gasteiger partial charge in [0.25, 0.3) is 0 Å². The van der Waals surface area contributed by atoms with Crippen LogP contribution in [0.4, 0.5) is 10.5 Å². The molecule has 4 nitrogen and oxygen atoms in total. The highest BCUT2D eigenvalue weighted by Gasteiger charge is 2.35. The zero-order valence-electron chi connectivity index (χ0n) is 12.1. The molecule has 0 bridgehead atoms. The molecule has 4 heteroatoms. The zero-order valence-corrected chi connectivity index (χ0v) is 11.1. The molecule has 1 aliphatic rings. The number of hydrogen-bond donors (Lipinski definition) is 0. The van der Waals surface area contributed by atoms with Gasteiger partial charge in [0.15, 0.2) is 0 Å². The highest BCUT2D eigenvalue weighted by atomic mass is 16.6. The maximum absolute atomic E-state index is 12.1. The van der Waals surface area contributed by atoms with Gasteiger partial charge in [0.2, 0.25) is 0 Å². The molecule has 1 heterocycles. The third-order valence-electron chi connectivity index (χ3n) is 3.22. The van der Waals surface area contributed by atoms with Crippen LogP contribution in [0, 0.1) is 0 Å². The van der Waals surface area contributed by atoms with E-state index >= 15 is 0 Å². The number of rotatable bonds is 3. The van der Waals surface area contributed by atoms with Gasteiger partial charge in [-0.25, -0.2) is 4.79 Å². The molecule has 0 saturated carbocycles. The molecule has 0 aliphatic carbocycles. The molecule has 1 fully saturated rings. The van der Waals surface area contributed by atoms with Crippen LogP contribution in [0.2, 0.25) is 0 Å². The second-order valence-electron chi connectivity index (χ2n) is 4.40. The molecule has 1 saturated heterocycles. The summed E-state index contributed by atoms with van der Waals surface area (Å²) >= 11 is 0. The highest BCUT2D eigenvalue weighted by Crippen LogP contribution is 2.33. The topological polar surface area (TPSA) is 38.8 Å². The number of carbonyl (C=O) groups is 1. The van der Waals surface area contributed by atoms with Crippen LogP contribution in [-0.4, -0.2) is 19.8 Å². The number of hydrogen-bond acceptors (Lipinski definition) is 3. The van der Waals surface area contributed by atoms with Crippen LogP contribution >= 0.6 is 0 Å². The Morgan fingerprint density at radius 1 is 1.20 bits per heavy atom. The Bertz CT molecular complexity index is 644. The Morgan fingerprint density at radius 2 is 1.90 bits per heavy atom. The van der Waals surface area contributed by atoms with Crippen LogP contribution in [0.5, 0.6) is 5.75 Å². The second-order valence-corrected chi connectivity index (χ2v) is 4.40. The van der Waals surface area contributed by atoms with Gasteiger partial charge in [-0.1, -0.05) is 30.3 Å². The number of methoxy groups -OCH3 is 1. The fourth-order valence-corrected chi connectivity index (χ4v) is 2.20. The summed E-state index contributed by atoms with van der Waals surface area (Å²) in [6.07, 6.45) is -0.515. The van der Waals surface area contributed by atoms with E-state index in [0.29, 0.717) is 17.0 Å². The summed E-state index contributed by atoms with van der Waals surface area (Å²) in [6, 6.07) is 15.0. The Labute approximate surface area is 118 Å². The molecule has 1 aliphatic heterocycles. The molecule has 0 radical (unpaired) electrons. The van der Waals surface area contributed by atoms with E-state index in [1.807, 2.05) is 30.3 Å². The third-order valence-corrected chi connectivity index (χ3v) is 3.22. The second kappa shape index (κ2) is 5.25. The summed E-state index contributed by atoms with van der Waals surface area (Å²) in [5.41, 5.74) is 1.32. The Balaban J connectivity index is 2.03. The van der Waals surface area contributed by atoms with E-state index in [0.717, 1.165) is 0 Å². The zero-order chi connectivity index (χ0) is 14.9. The van der Waals surface area contributed by atoms with Crippen molar-refractivity contribution in [3.05, 3.63) is 60.2 Å². The minimum absolute atomic E-state index is 0.00186. The van der Waals surface area contributed by atoms with Gasteiger partial charge >= 0.3 is 6.09 Å². The molecule has 0 aromatic heterocycles. The Hall–Kier alpha value is -2.49. The molecule has 0 unspecified atom stereocenters. The van der Waals surface area contributed by atoms with Crippen molar-refractivity contribution >= 4 is 11.8 Å². The fraction of sp³-hybridized carbons (Fsp3) is 0.188. The lowest BCUT2D eigenvalue weighted by Gasteiger charge is -2.21. The van der Waals surface area contributed by atoms with Gasteiger partial charge in [0.1, 0.15) is 12.4 Å². The molecule has 1 amide bonds. The van der Waals surface area contributed by atoms with Crippen molar-refractivity contribution in [2.75, 3.05) is 18.6 Å². The molecule has 102 valence electrons. The number of anilines is 1. The first-order chi connectivity index (χ1) is 10.1. The van der Waals surface area contributed by atoms with Crippen molar-refractivity contribution in [2.45, 2.75) is 6.02 Å². The van der Waals surface area contributed by atoms with E-state index in [9.17, 15) is 4.79 Å². The van der Waals surface area contributed by atoms with Crippen molar-refractivity contribution in [1.29, 1.82) is 0 Å². The van der Waals surface area contributed by atoms with Crippen molar-refractivity contribution in [1.82, 2.24) is 0 Å². The van der Waals surface area contributed by atoms with Crippen LogP contribution in [0.3, 0.4) is 0 Å². The van der Waals surface area contributed by atoms with E-state index in [1.165, 1.54) is 4.90 Å². The van der Waals surface area contributed by atoms with Gasteiger partial charge in [-0.2, -0.15) is 0 Å². The van der Waals surface area contributed by atoms with Crippen LogP contribution in [0.25, 0.3) is 0 Å². The van der Waals surface area contributed by atoms with Crippen molar-refractivity contribution in [2.24, 2.45) is 0 Å². The summed E-state index contributed by atoms with van der Waals surface area (Å²) in [5.74, 6) is 0.696. The minimum Gasteiger partial charge on any atom is -0.497 e. The van der Waals surface area contributed by atoms with E-state index < -0.39 is 12.1 Å². The van der Waals surface area contributed by atoms with E-state index in [-0.39, 0.29) is 6.61 Å². The van der Waals surface area contributed by atoms with E-state index in [4.69, 9.17) is 10.8 Å². The van der Waals surface area contributed by atoms with Gasteiger partial charge in [-0.15, -0.1) is 0 Å². The van der Waals surface area contributed by atoms with E-state index in [1.54, 1.807) is 31.4 Å². The molecule has 0 N–H and O–H groups in total. The number of benzene rings is 2. The summed E-state index contributed by atoms with van der Waals surface area (Å²) in [6.45, 7) is 0.00186. The smallest absolute Gasteiger partial charge is 0.415 e.